The van der Waals surface area contributed by atoms with E-state index in [9.17, 15) is 8.42 Å². The van der Waals surface area contributed by atoms with Crippen LogP contribution >= 0.6 is 11.3 Å². The van der Waals surface area contributed by atoms with Crippen LogP contribution in [0, 0.1) is 5.92 Å². The Morgan fingerprint density at radius 3 is 2.55 bits per heavy atom. The largest absolute Gasteiger partial charge is 0.431 e. The summed E-state index contributed by atoms with van der Waals surface area (Å²) in [5.74, 6) is 1.10. The zero-order valence-electron chi connectivity index (χ0n) is 17.2. The molecule has 2 aliphatic rings. The molecule has 1 aromatic carbocycles. The van der Waals surface area contributed by atoms with Crippen LogP contribution in [0.3, 0.4) is 0 Å². The number of primary sulfonamides is 1. The van der Waals surface area contributed by atoms with Crippen molar-refractivity contribution in [1.29, 1.82) is 0 Å². The number of hydrogen-bond donors (Lipinski definition) is 1. The lowest BCUT2D eigenvalue weighted by molar-refractivity contribution is 0.112. The van der Waals surface area contributed by atoms with Gasteiger partial charge in [0.15, 0.2) is 0 Å². The fourth-order valence-electron chi connectivity index (χ4n) is 5.09. The molecule has 2 saturated heterocycles. The van der Waals surface area contributed by atoms with Crippen LogP contribution < -0.4 is 9.88 Å². The molecule has 9 heteroatoms. The first-order valence-corrected chi connectivity index (χ1v) is 13.2. The summed E-state index contributed by atoms with van der Waals surface area (Å²) >= 11 is 1.44. The van der Waals surface area contributed by atoms with Crippen molar-refractivity contribution >= 4 is 31.7 Å². The quantitative estimate of drug-likeness (QED) is 0.581. The van der Waals surface area contributed by atoms with Crippen molar-refractivity contribution in [3.8, 4) is 10.9 Å². The molecule has 0 amide bonds. The van der Waals surface area contributed by atoms with Gasteiger partial charge in [-0.25, -0.2) is 23.5 Å². The topological polar surface area (TPSA) is 98.4 Å². The fraction of sp³-hybridized carbons (Fsp3) is 0.455. The maximum Gasteiger partial charge on any atom is 0.281 e. The van der Waals surface area contributed by atoms with Gasteiger partial charge in [-0.05, 0) is 67.9 Å². The molecule has 164 valence electrons. The minimum absolute atomic E-state index is 0.125. The Kier molecular flexibility index (Phi) is 5.68. The van der Waals surface area contributed by atoms with Crippen molar-refractivity contribution in [1.82, 2.24) is 14.9 Å². The normalized spacial score (nSPS) is 24.0. The molecule has 0 spiro atoms. The summed E-state index contributed by atoms with van der Waals surface area (Å²) in [6.45, 7) is 1.00. The Morgan fingerprint density at radius 1 is 1.13 bits per heavy atom. The molecule has 0 aliphatic carbocycles. The summed E-state index contributed by atoms with van der Waals surface area (Å²) in [6.07, 6.45) is 6.94. The van der Waals surface area contributed by atoms with Gasteiger partial charge in [0.2, 0.25) is 10.0 Å². The highest BCUT2D eigenvalue weighted by atomic mass is 32.2. The Bertz CT molecular complexity index is 1120. The third-order valence-electron chi connectivity index (χ3n) is 6.38. The number of fused-ring (bicyclic) bond motifs is 3. The minimum atomic E-state index is -3.39. The predicted octanol–water partition coefficient (Wildman–Crippen LogP) is 3.56. The minimum Gasteiger partial charge on any atom is -0.431 e. The van der Waals surface area contributed by atoms with Crippen LogP contribution in [0.5, 0.6) is 10.9 Å². The van der Waals surface area contributed by atoms with Crippen molar-refractivity contribution < 1.29 is 13.2 Å². The molecule has 1 unspecified atom stereocenters. The van der Waals surface area contributed by atoms with Crippen LogP contribution in [0.2, 0.25) is 0 Å². The van der Waals surface area contributed by atoms with Crippen molar-refractivity contribution in [3.05, 3.63) is 48.2 Å². The second-order valence-corrected chi connectivity index (χ2v) is 11.2. The van der Waals surface area contributed by atoms with E-state index in [1.165, 1.54) is 16.9 Å². The molecule has 3 atom stereocenters. The molecule has 5 rings (SSSR count). The van der Waals surface area contributed by atoms with Gasteiger partial charge in [0.05, 0.1) is 5.75 Å². The molecule has 31 heavy (non-hydrogen) atoms. The average molecular weight is 459 g/mol. The van der Waals surface area contributed by atoms with Gasteiger partial charge in [0, 0.05) is 24.8 Å². The molecule has 3 aromatic rings. The van der Waals surface area contributed by atoms with Gasteiger partial charge >= 0.3 is 0 Å². The van der Waals surface area contributed by atoms with Gasteiger partial charge in [-0.3, -0.25) is 4.90 Å². The van der Waals surface area contributed by atoms with E-state index < -0.39 is 10.0 Å². The number of nitrogens with two attached hydrogens (primary N) is 1. The highest BCUT2D eigenvalue weighted by Crippen LogP contribution is 2.39. The predicted molar refractivity (Wildman–Crippen MR) is 122 cm³/mol. The van der Waals surface area contributed by atoms with Crippen LogP contribution in [-0.4, -0.2) is 47.7 Å². The number of ether oxygens (including phenoxy) is 1. The molecule has 2 bridgehead atoms. The standard InChI is InChI=1S/C22H26N4O3S2/c23-31(27,28)14-16-12-17-5-6-18(13-16)26(17)11-9-15-3-7-19(8-4-15)29-22-25-20-2-1-10-24-21(20)30-22/h1-4,7-8,10,16-18H,5-6,9,11-14H2,(H2,23,27,28)/t16?,17-,18+. The van der Waals surface area contributed by atoms with E-state index in [4.69, 9.17) is 9.88 Å². The molecule has 4 heterocycles. The zero-order chi connectivity index (χ0) is 21.4. The monoisotopic (exact) mass is 458 g/mol. The summed E-state index contributed by atoms with van der Waals surface area (Å²) in [4.78, 5) is 12.2. The van der Waals surface area contributed by atoms with E-state index >= 15 is 0 Å². The van der Waals surface area contributed by atoms with Gasteiger partial charge in [-0.15, -0.1) is 0 Å². The second-order valence-electron chi connectivity index (χ2n) is 8.59. The van der Waals surface area contributed by atoms with E-state index in [2.05, 4.69) is 27.0 Å². The van der Waals surface area contributed by atoms with E-state index in [0.29, 0.717) is 17.3 Å². The molecule has 2 N–H and O–H groups in total. The average Bonchev–Trinajstić information content (AvgIpc) is 3.23. The van der Waals surface area contributed by atoms with Gasteiger partial charge in [-0.2, -0.15) is 0 Å². The molecule has 2 fully saturated rings. The van der Waals surface area contributed by atoms with Crippen LogP contribution in [0.15, 0.2) is 42.6 Å². The molecule has 2 aromatic heterocycles. The summed E-state index contributed by atoms with van der Waals surface area (Å²) in [7, 11) is -3.39. The van der Waals surface area contributed by atoms with E-state index in [1.54, 1.807) is 6.20 Å². The summed E-state index contributed by atoms with van der Waals surface area (Å²) in [5.41, 5.74) is 2.12. The smallest absolute Gasteiger partial charge is 0.281 e. The van der Waals surface area contributed by atoms with E-state index in [0.717, 1.165) is 54.7 Å². The number of benzene rings is 1. The van der Waals surface area contributed by atoms with Crippen LogP contribution in [0.25, 0.3) is 10.3 Å². The van der Waals surface area contributed by atoms with Crippen LogP contribution in [0.4, 0.5) is 0 Å². The first-order valence-electron chi connectivity index (χ1n) is 10.7. The Morgan fingerprint density at radius 2 is 1.87 bits per heavy atom. The van der Waals surface area contributed by atoms with Gasteiger partial charge in [-0.1, -0.05) is 23.5 Å². The second kappa shape index (κ2) is 8.46. The van der Waals surface area contributed by atoms with E-state index in [-0.39, 0.29) is 11.7 Å². The lowest BCUT2D eigenvalue weighted by atomic mass is 9.92. The fourth-order valence-corrected chi connectivity index (χ4v) is 6.80. The Hall–Kier alpha value is -2.07. The van der Waals surface area contributed by atoms with Gasteiger partial charge < -0.3 is 4.74 Å². The number of thiazole rings is 1. The SMILES string of the molecule is NS(=O)(=O)CC1C[C@H]2CC[C@@H](C1)N2CCc1ccc(Oc2nc3cccnc3s2)cc1. The first-order chi connectivity index (χ1) is 14.9. The lowest BCUT2D eigenvalue weighted by Gasteiger charge is -2.38. The van der Waals surface area contributed by atoms with Crippen molar-refractivity contribution in [2.75, 3.05) is 12.3 Å². The zero-order valence-corrected chi connectivity index (χ0v) is 18.8. The number of nitrogens with zero attached hydrogens (tertiary/aromatic N) is 3. The number of piperidine rings is 1. The molecular formula is C22H26N4O3S2. The molecular weight excluding hydrogens is 432 g/mol. The van der Waals surface area contributed by atoms with E-state index in [1.807, 2.05) is 24.3 Å². The first kappa shape index (κ1) is 20.8. The Balaban J connectivity index is 1.16. The number of hydrogen-bond acceptors (Lipinski definition) is 7. The third-order valence-corrected chi connectivity index (χ3v) is 8.18. The lowest BCUT2D eigenvalue weighted by Crippen LogP contribution is -2.45. The summed E-state index contributed by atoms with van der Waals surface area (Å²) in [6, 6.07) is 13.0. The summed E-state index contributed by atoms with van der Waals surface area (Å²) < 4.78 is 28.8. The van der Waals surface area contributed by atoms with Gasteiger partial charge in [0.1, 0.15) is 16.1 Å². The van der Waals surface area contributed by atoms with Crippen molar-refractivity contribution in [2.24, 2.45) is 11.1 Å². The van der Waals surface area contributed by atoms with Gasteiger partial charge in [0.25, 0.3) is 5.19 Å². The highest BCUT2D eigenvalue weighted by molar-refractivity contribution is 7.89. The highest BCUT2D eigenvalue weighted by Gasteiger charge is 2.41. The van der Waals surface area contributed by atoms with Crippen LogP contribution in [-0.2, 0) is 16.4 Å². The number of rotatable bonds is 7. The number of pyridine rings is 1. The number of sulfonamides is 1. The molecule has 0 saturated carbocycles. The Labute approximate surface area is 186 Å². The maximum absolute atomic E-state index is 11.5. The molecule has 7 nitrogen and oxygen atoms in total. The van der Waals surface area contributed by atoms with Crippen molar-refractivity contribution in [3.63, 3.8) is 0 Å². The van der Waals surface area contributed by atoms with Crippen LogP contribution in [0.1, 0.15) is 31.2 Å². The number of aromatic nitrogens is 2. The molecule has 0 radical (unpaired) electrons. The molecule has 2 aliphatic heterocycles. The third kappa shape index (κ3) is 4.90. The van der Waals surface area contributed by atoms with Crippen molar-refractivity contribution in [2.45, 2.75) is 44.2 Å². The maximum atomic E-state index is 11.5. The summed E-state index contributed by atoms with van der Waals surface area (Å²) in [5, 5.41) is 5.87.